The van der Waals surface area contributed by atoms with Crippen LogP contribution in [0.4, 0.5) is 0 Å². The van der Waals surface area contributed by atoms with Gasteiger partial charge in [0.25, 0.3) is 0 Å². The molecule has 0 amide bonds. The molecule has 0 spiro atoms. The Kier molecular flexibility index (Phi) is 5.35. The summed E-state index contributed by atoms with van der Waals surface area (Å²) < 4.78 is 16.5. The molecule has 0 aliphatic carbocycles. The van der Waals surface area contributed by atoms with Crippen LogP contribution in [-0.2, 0) is 0 Å². The number of fused-ring (bicyclic) bond motifs is 1. The molecule has 1 heterocycles. The zero-order chi connectivity index (χ0) is 21.1. The number of benzene rings is 3. The molecule has 0 fully saturated rings. The van der Waals surface area contributed by atoms with Crippen LogP contribution < -0.4 is 14.2 Å². The van der Waals surface area contributed by atoms with E-state index in [2.05, 4.69) is 0 Å². The number of ether oxygens (including phenoxy) is 3. The molecule has 3 aromatic carbocycles. The summed E-state index contributed by atoms with van der Waals surface area (Å²) in [5.41, 5.74) is 3.01. The van der Waals surface area contributed by atoms with E-state index in [1.165, 1.54) is 0 Å². The largest absolute Gasteiger partial charge is 0.497 e. The van der Waals surface area contributed by atoms with Crippen LogP contribution >= 0.6 is 0 Å². The Morgan fingerprint density at radius 3 is 2.50 bits per heavy atom. The normalized spacial score (nSPS) is 13.7. The van der Waals surface area contributed by atoms with Gasteiger partial charge in [-0.1, -0.05) is 29.8 Å². The molecular formula is C25H20O5. The molecule has 1 aliphatic heterocycles. The molecule has 30 heavy (non-hydrogen) atoms. The van der Waals surface area contributed by atoms with Crippen LogP contribution in [0.15, 0.2) is 72.5 Å². The quantitative estimate of drug-likeness (QED) is 0.436. The average Bonchev–Trinajstić information content (AvgIpc) is 3.06. The predicted molar refractivity (Wildman–Crippen MR) is 113 cm³/mol. The van der Waals surface area contributed by atoms with Crippen molar-refractivity contribution in [3.05, 3.63) is 94.7 Å². The molecule has 5 nitrogen and oxygen atoms in total. The molecule has 150 valence electrons. The van der Waals surface area contributed by atoms with E-state index in [0.717, 1.165) is 11.1 Å². The van der Waals surface area contributed by atoms with E-state index in [0.29, 0.717) is 28.4 Å². The minimum Gasteiger partial charge on any atom is -0.497 e. The van der Waals surface area contributed by atoms with Crippen LogP contribution in [0.3, 0.4) is 0 Å². The van der Waals surface area contributed by atoms with Gasteiger partial charge in [-0.05, 0) is 55.0 Å². The van der Waals surface area contributed by atoms with Gasteiger partial charge in [0.15, 0.2) is 18.1 Å². The van der Waals surface area contributed by atoms with Crippen molar-refractivity contribution in [2.45, 2.75) is 6.92 Å². The standard InChI is InChI=1S/C25H20O5/c1-16-4-3-5-17(12-16)13-24-25(27)21-11-10-20(14-23(21)30-24)29-15-22(26)18-6-8-19(28-2)9-7-18/h3-14H,15H2,1-2H3. The highest BCUT2D eigenvalue weighted by molar-refractivity contribution is 6.14. The summed E-state index contributed by atoms with van der Waals surface area (Å²) in [5, 5.41) is 0. The van der Waals surface area contributed by atoms with E-state index in [1.807, 2.05) is 31.2 Å². The van der Waals surface area contributed by atoms with E-state index in [1.54, 1.807) is 55.7 Å². The number of allylic oxidation sites excluding steroid dienone is 1. The maximum absolute atomic E-state index is 12.6. The molecule has 0 saturated carbocycles. The highest BCUT2D eigenvalue weighted by Crippen LogP contribution is 2.35. The smallest absolute Gasteiger partial charge is 0.231 e. The molecule has 0 aromatic heterocycles. The van der Waals surface area contributed by atoms with Crippen molar-refractivity contribution in [3.8, 4) is 17.2 Å². The fourth-order valence-electron chi connectivity index (χ4n) is 3.18. The van der Waals surface area contributed by atoms with Crippen LogP contribution in [0.5, 0.6) is 17.2 Å². The van der Waals surface area contributed by atoms with Crippen molar-refractivity contribution >= 4 is 17.6 Å². The van der Waals surface area contributed by atoms with Crippen molar-refractivity contribution in [1.29, 1.82) is 0 Å². The fourth-order valence-corrected chi connectivity index (χ4v) is 3.18. The Labute approximate surface area is 174 Å². The number of methoxy groups -OCH3 is 1. The van der Waals surface area contributed by atoms with Crippen molar-refractivity contribution in [1.82, 2.24) is 0 Å². The third-order valence-electron chi connectivity index (χ3n) is 4.76. The highest BCUT2D eigenvalue weighted by atomic mass is 16.5. The molecule has 4 rings (SSSR count). The summed E-state index contributed by atoms with van der Waals surface area (Å²) in [6, 6.07) is 19.6. The van der Waals surface area contributed by atoms with Crippen LogP contribution in [0, 0.1) is 6.92 Å². The fraction of sp³-hybridized carbons (Fsp3) is 0.120. The zero-order valence-corrected chi connectivity index (χ0v) is 16.7. The molecule has 1 aliphatic rings. The maximum Gasteiger partial charge on any atom is 0.231 e. The zero-order valence-electron chi connectivity index (χ0n) is 16.7. The number of carbonyl (C=O) groups excluding carboxylic acids is 2. The second-order valence-corrected chi connectivity index (χ2v) is 6.95. The molecule has 0 bridgehead atoms. The number of ketones is 2. The van der Waals surface area contributed by atoms with Crippen molar-refractivity contribution < 1.29 is 23.8 Å². The van der Waals surface area contributed by atoms with Crippen molar-refractivity contribution in [3.63, 3.8) is 0 Å². The van der Waals surface area contributed by atoms with Gasteiger partial charge in [-0.15, -0.1) is 0 Å². The summed E-state index contributed by atoms with van der Waals surface area (Å²) in [6.07, 6.45) is 1.73. The van der Waals surface area contributed by atoms with Gasteiger partial charge in [0.1, 0.15) is 17.2 Å². The number of hydrogen-bond acceptors (Lipinski definition) is 5. The van der Waals surface area contributed by atoms with Gasteiger partial charge < -0.3 is 14.2 Å². The first kappa shape index (κ1) is 19.5. The summed E-state index contributed by atoms with van der Waals surface area (Å²) in [4.78, 5) is 24.9. The Morgan fingerprint density at radius 2 is 1.77 bits per heavy atom. The van der Waals surface area contributed by atoms with Crippen molar-refractivity contribution in [2.75, 3.05) is 13.7 Å². The Hall–Kier alpha value is -3.86. The molecule has 0 saturated heterocycles. The van der Waals surface area contributed by atoms with Crippen LogP contribution in [-0.4, -0.2) is 25.3 Å². The lowest BCUT2D eigenvalue weighted by Crippen LogP contribution is -2.11. The number of rotatable bonds is 6. The van der Waals surface area contributed by atoms with E-state index in [4.69, 9.17) is 14.2 Å². The molecule has 5 heteroatoms. The molecule has 0 unspecified atom stereocenters. The first-order chi connectivity index (χ1) is 14.5. The number of aryl methyl sites for hydroxylation is 1. The topological polar surface area (TPSA) is 61.8 Å². The summed E-state index contributed by atoms with van der Waals surface area (Å²) >= 11 is 0. The Bertz CT molecular complexity index is 1140. The van der Waals surface area contributed by atoms with Crippen LogP contribution in [0.25, 0.3) is 6.08 Å². The van der Waals surface area contributed by atoms with Gasteiger partial charge in [0.2, 0.25) is 5.78 Å². The van der Waals surface area contributed by atoms with Gasteiger partial charge in [0.05, 0.1) is 12.7 Å². The van der Waals surface area contributed by atoms with Gasteiger partial charge >= 0.3 is 0 Å². The minimum atomic E-state index is -0.174. The molecule has 0 N–H and O–H groups in total. The third kappa shape index (κ3) is 4.10. The van der Waals surface area contributed by atoms with E-state index < -0.39 is 0 Å². The van der Waals surface area contributed by atoms with Gasteiger partial charge in [-0.3, -0.25) is 9.59 Å². The second-order valence-electron chi connectivity index (χ2n) is 6.95. The number of hydrogen-bond donors (Lipinski definition) is 0. The van der Waals surface area contributed by atoms with Crippen molar-refractivity contribution in [2.24, 2.45) is 0 Å². The number of carbonyl (C=O) groups is 2. The molecule has 3 aromatic rings. The lowest BCUT2D eigenvalue weighted by Gasteiger charge is -2.07. The van der Waals surface area contributed by atoms with Crippen LogP contribution in [0.1, 0.15) is 31.8 Å². The van der Waals surface area contributed by atoms with Crippen LogP contribution in [0.2, 0.25) is 0 Å². The van der Waals surface area contributed by atoms with E-state index in [9.17, 15) is 9.59 Å². The second kappa shape index (κ2) is 8.25. The first-order valence-corrected chi connectivity index (χ1v) is 9.48. The van der Waals surface area contributed by atoms with Gasteiger partial charge in [-0.2, -0.15) is 0 Å². The Morgan fingerprint density at radius 1 is 1.00 bits per heavy atom. The predicted octanol–water partition coefficient (Wildman–Crippen LogP) is 4.88. The lowest BCUT2D eigenvalue weighted by atomic mass is 10.1. The summed E-state index contributed by atoms with van der Waals surface area (Å²) in [5.74, 6) is 1.50. The monoisotopic (exact) mass is 400 g/mol. The molecule has 0 atom stereocenters. The molecule has 0 radical (unpaired) electrons. The maximum atomic E-state index is 12.6. The summed E-state index contributed by atoms with van der Waals surface area (Å²) in [6.45, 7) is 1.87. The minimum absolute atomic E-state index is 0.120. The van der Waals surface area contributed by atoms with Gasteiger partial charge in [-0.25, -0.2) is 0 Å². The third-order valence-corrected chi connectivity index (χ3v) is 4.76. The lowest BCUT2D eigenvalue weighted by molar-refractivity contribution is 0.0920. The average molecular weight is 400 g/mol. The number of Topliss-reactive ketones (excluding diaryl/α,β-unsaturated/α-hetero) is 2. The van der Waals surface area contributed by atoms with Gasteiger partial charge in [0, 0.05) is 11.6 Å². The SMILES string of the molecule is COc1ccc(C(=O)COc2ccc3c(c2)OC(=Cc2cccc(C)c2)C3=O)cc1. The van der Waals surface area contributed by atoms with E-state index >= 15 is 0 Å². The first-order valence-electron chi connectivity index (χ1n) is 9.48. The molecular weight excluding hydrogens is 380 g/mol. The summed E-state index contributed by atoms with van der Waals surface area (Å²) in [7, 11) is 1.57. The Balaban J connectivity index is 1.45. The van der Waals surface area contributed by atoms with E-state index in [-0.39, 0.29) is 23.9 Å². The highest BCUT2D eigenvalue weighted by Gasteiger charge is 2.27.